The van der Waals surface area contributed by atoms with Gasteiger partial charge < -0.3 is 10.1 Å². The summed E-state index contributed by atoms with van der Waals surface area (Å²) in [4.78, 5) is 14.5. The van der Waals surface area contributed by atoms with Gasteiger partial charge in [-0.05, 0) is 30.3 Å². The van der Waals surface area contributed by atoms with E-state index in [9.17, 15) is 26.4 Å². The topological polar surface area (TPSA) is 90.3 Å². The normalized spacial score (nSPS) is 12.9. The van der Waals surface area contributed by atoms with Crippen LogP contribution in [0.3, 0.4) is 0 Å². The summed E-state index contributed by atoms with van der Waals surface area (Å²) in [5.74, 6) is -3.90. The van der Waals surface area contributed by atoms with E-state index in [4.69, 9.17) is 4.74 Å². The molecule has 0 aliphatic rings. The first kappa shape index (κ1) is 24.3. The lowest BCUT2D eigenvalue weighted by atomic mass is 9.85. The predicted octanol–water partition coefficient (Wildman–Crippen LogP) is 4.65. The molecule has 0 radical (unpaired) electrons. The van der Waals surface area contributed by atoms with Gasteiger partial charge in [0.2, 0.25) is 5.95 Å². The maximum Gasteiger partial charge on any atom is 0.407 e. The molecule has 1 unspecified atom stereocenters. The van der Waals surface area contributed by atoms with Gasteiger partial charge in [-0.3, -0.25) is 0 Å². The van der Waals surface area contributed by atoms with E-state index in [1.165, 1.54) is 31.4 Å². The Bertz CT molecular complexity index is 1300. The highest BCUT2D eigenvalue weighted by Gasteiger charge is 2.34. The van der Waals surface area contributed by atoms with Crippen LogP contribution in [0, 0.1) is 23.0 Å². The smallest absolute Gasteiger partial charge is 0.407 e. The van der Waals surface area contributed by atoms with Crippen LogP contribution in [0.4, 0.5) is 18.0 Å². The summed E-state index contributed by atoms with van der Waals surface area (Å²) >= 11 is 0. The third-order valence-corrected chi connectivity index (χ3v) is 6.50. The number of aromatic nitrogens is 2. The molecule has 33 heavy (non-hydrogen) atoms. The number of ether oxygens (including phenoxy) is 1. The Morgan fingerprint density at radius 1 is 1.15 bits per heavy atom. The predicted molar refractivity (Wildman–Crippen MR) is 114 cm³/mol. The maximum atomic E-state index is 14.5. The summed E-state index contributed by atoms with van der Waals surface area (Å²) in [6.45, 7) is 5.26. The van der Waals surface area contributed by atoms with Crippen molar-refractivity contribution in [2.45, 2.75) is 31.8 Å². The average molecular weight is 481 g/mol. The Morgan fingerprint density at radius 3 is 2.45 bits per heavy atom. The van der Waals surface area contributed by atoms with Gasteiger partial charge in [-0.1, -0.05) is 26.8 Å². The summed E-state index contributed by atoms with van der Waals surface area (Å²) in [6, 6.07) is 6.73. The Hall–Kier alpha value is -3.34. The molecule has 2 aromatic heterocycles. The molecule has 3 rings (SSSR count). The van der Waals surface area contributed by atoms with Gasteiger partial charge >= 0.3 is 6.09 Å². The minimum Gasteiger partial charge on any atom is -0.441 e. The van der Waals surface area contributed by atoms with Crippen molar-refractivity contribution >= 4 is 16.1 Å². The van der Waals surface area contributed by atoms with Crippen molar-refractivity contribution in [3.8, 4) is 11.3 Å². The third kappa shape index (κ3) is 4.72. The van der Waals surface area contributed by atoms with Crippen LogP contribution in [0.25, 0.3) is 11.3 Å². The monoisotopic (exact) mass is 481 g/mol. The summed E-state index contributed by atoms with van der Waals surface area (Å²) in [5, 5.41) is 2.32. The molecule has 1 amide bonds. The molecule has 0 aliphatic heterocycles. The number of nitrogens with zero attached hydrogens (tertiary/aromatic N) is 2. The number of benzene rings is 1. The van der Waals surface area contributed by atoms with Crippen LogP contribution in [0.1, 0.15) is 32.4 Å². The quantitative estimate of drug-likeness (QED) is 0.536. The Morgan fingerprint density at radius 2 is 1.85 bits per heavy atom. The van der Waals surface area contributed by atoms with Crippen LogP contribution in [0.2, 0.25) is 0 Å². The van der Waals surface area contributed by atoms with Crippen molar-refractivity contribution in [2.24, 2.45) is 5.41 Å². The van der Waals surface area contributed by atoms with Crippen molar-refractivity contribution < 1.29 is 31.1 Å². The second-order valence-corrected chi connectivity index (χ2v) is 10.0. The fourth-order valence-corrected chi connectivity index (χ4v) is 4.74. The maximum absolute atomic E-state index is 14.5. The lowest BCUT2D eigenvalue weighted by Gasteiger charge is -2.29. The first-order valence-electron chi connectivity index (χ1n) is 9.79. The van der Waals surface area contributed by atoms with Crippen LogP contribution in [-0.4, -0.2) is 30.5 Å². The summed E-state index contributed by atoms with van der Waals surface area (Å²) in [6.07, 6.45) is 0.543. The largest absolute Gasteiger partial charge is 0.441 e. The van der Waals surface area contributed by atoms with Gasteiger partial charge in [0.1, 0.15) is 11.0 Å². The van der Waals surface area contributed by atoms with E-state index in [1.807, 2.05) is 0 Å². The minimum absolute atomic E-state index is 0.197. The number of rotatable bonds is 5. The van der Waals surface area contributed by atoms with E-state index in [0.29, 0.717) is 3.97 Å². The molecule has 1 aromatic carbocycles. The first-order valence-corrected chi connectivity index (χ1v) is 11.2. The summed E-state index contributed by atoms with van der Waals surface area (Å²) in [5.41, 5.74) is -0.910. The molecule has 3 aromatic rings. The van der Waals surface area contributed by atoms with Crippen molar-refractivity contribution in [1.82, 2.24) is 14.3 Å². The fourth-order valence-electron chi connectivity index (χ4n) is 3.28. The number of carbonyl (C=O) groups is 1. The van der Waals surface area contributed by atoms with E-state index in [0.717, 1.165) is 24.4 Å². The molecular weight excluding hydrogens is 459 g/mol. The van der Waals surface area contributed by atoms with E-state index in [2.05, 4.69) is 10.3 Å². The number of pyridine rings is 1. The standard InChI is InChI=1S/C22H22F3N3O4S/c1-22(2,3)19(32-21(29)26-4)13-11-16(14-7-6-10-27-20(14)25)28(12-13)33(30,31)17-9-5-8-15(23)18(17)24/h5-12,19H,1-4H3,(H,26,29). The number of hydrogen-bond donors (Lipinski definition) is 1. The van der Waals surface area contributed by atoms with Crippen LogP contribution in [-0.2, 0) is 14.8 Å². The molecule has 0 saturated carbocycles. The van der Waals surface area contributed by atoms with Crippen LogP contribution >= 0.6 is 0 Å². The van der Waals surface area contributed by atoms with Crippen molar-refractivity contribution in [3.63, 3.8) is 0 Å². The zero-order valence-corrected chi connectivity index (χ0v) is 19.1. The Balaban J connectivity index is 2.31. The second-order valence-electron chi connectivity index (χ2n) is 8.25. The van der Waals surface area contributed by atoms with E-state index < -0.39 is 50.1 Å². The zero-order valence-electron chi connectivity index (χ0n) is 18.3. The number of hydrogen-bond acceptors (Lipinski definition) is 5. The van der Waals surface area contributed by atoms with Gasteiger partial charge in [-0.2, -0.15) is 4.39 Å². The van der Waals surface area contributed by atoms with Crippen LogP contribution in [0.5, 0.6) is 0 Å². The minimum atomic E-state index is -4.73. The van der Waals surface area contributed by atoms with Gasteiger partial charge in [0.25, 0.3) is 10.0 Å². The highest BCUT2D eigenvalue weighted by Crippen LogP contribution is 2.40. The van der Waals surface area contributed by atoms with Crippen molar-refractivity contribution in [1.29, 1.82) is 0 Å². The van der Waals surface area contributed by atoms with Gasteiger partial charge in [-0.25, -0.2) is 30.9 Å². The molecular formula is C22H22F3N3O4S. The summed E-state index contributed by atoms with van der Waals surface area (Å²) < 4.78 is 75.6. The Labute approximate surface area is 189 Å². The number of alkyl carbamates (subject to hydrolysis) is 1. The van der Waals surface area contributed by atoms with Gasteiger partial charge in [-0.15, -0.1) is 0 Å². The highest BCUT2D eigenvalue weighted by molar-refractivity contribution is 7.90. The van der Waals surface area contributed by atoms with E-state index in [-0.39, 0.29) is 16.8 Å². The lowest BCUT2D eigenvalue weighted by molar-refractivity contribution is 0.0315. The number of nitrogens with one attached hydrogen (secondary N) is 1. The molecule has 7 nitrogen and oxygen atoms in total. The van der Waals surface area contributed by atoms with Gasteiger partial charge in [0.05, 0.1) is 11.3 Å². The van der Waals surface area contributed by atoms with Crippen molar-refractivity contribution in [2.75, 3.05) is 7.05 Å². The zero-order chi connectivity index (χ0) is 24.6. The average Bonchev–Trinajstić information content (AvgIpc) is 3.18. The molecule has 176 valence electrons. The molecule has 0 spiro atoms. The number of halogens is 3. The van der Waals surface area contributed by atoms with Gasteiger partial charge in [0.15, 0.2) is 11.6 Å². The number of amides is 1. The highest BCUT2D eigenvalue weighted by atomic mass is 32.2. The van der Waals surface area contributed by atoms with E-state index >= 15 is 0 Å². The molecule has 11 heteroatoms. The SMILES string of the molecule is CNC(=O)OC(c1cc(-c2cccnc2F)n(S(=O)(=O)c2cccc(F)c2F)c1)C(C)(C)C. The molecule has 0 bridgehead atoms. The van der Waals surface area contributed by atoms with Crippen molar-refractivity contribution in [3.05, 3.63) is 71.9 Å². The van der Waals surface area contributed by atoms with Crippen LogP contribution in [0.15, 0.2) is 53.7 Å². The van der Waals surface area contributed by atoms with Crippen LogP contribution < -0.4 is 5.32 Å². The molecule has 0 fully saturated rings. The fraction of sp³-hybridized carbons (Fsp3) is 0.273. The molecule has 1 atom stereocenters. The molecule has 0 aliphatic carbocycles. The number of carbonyl (C=O) groups excluding carboxylic acids is 1. The molecule has 2 heterocycles. The first-order chi connectivity index (χ1) is 15.4. The Kier molecular flexibility index (Phi) is 6.55. The van der Waals surface area contributed by atoms with Gasteiger partial charge in [0, 0.05) is 30.4 Å². The lowest BCUT2D eigenvalue weighted by Crippen LogP contribution is -2.28. The second kappa shape index (κ2) is 8.89. The third-order valence-electron chi connectivity index (χ3n) is 4.81. The summed E-state index contributed by atoms with van der Waals surface area (Å²) in [7, 11) is -3.37. The van der Waals surface area contributed by atoms with E-state index in [1.54, 1.807) is 20.8 Å². The molecule has 0 saturated heterocycles. The molecule has 1 N–H and O–H groups in total.